The number of carbonyl (C=O) groups excluding carboxylic acids is 1. The molecular weight excluding hydrogens is 202 g/mol. The number of rotatable bonds is 4. The lowest BCUT2D eigenvalue weighted by molar-refractivity contribution is -0.124. The predicted molar refractivity (Wildman–Crippen MR) is 65.1 cm³/mol. The molecule has 1 heterocycles. The van der Waals surface area contributed by atoms with Gasteiger partial charge in [-0.3, -0.25) is 4.79 Å². The topological polar surface area (TPSA) is 68.0 Å². The molecule has 3 N–H and O–H groups in total. The van der Waals surface area contributed by atoms with Crippen LogP contribution in [0.25, 0.3) is 0 Å². The smallest absolute Gasteiger partial charge is 0.232 e. The van der Waals surface area contributed by atoms with Crippen molar-refractivity contribution in [3.8, 4) is 0 Å². The third-order valence-corrected chi connectivity index (χ3v) is 2.94. The molecule has 88 valence electrons. The van der Waals surface area contributed by atoms with E-state index in [9.17, 15) is 4.79 Å². The van der Waals surface area contributed by atoms with Crippen LogP contribution in [0.5, 0.6) is 0 Å². The zero-order valence-electron chi connectivity index (χ0n) is 10.1. The van der Waals surface area contributed by atoms with E-state index in [1.807, 2.05) is 32.9 Å². The zero-order valence-corrected chi connectivity index (χ0v) is 10.1. The van der Waals surface area contributed by atoms with Crippen LogP contribution in [-0.2, 0) is 4.79 Å². The van der Waals surface area contributed by atoms with Crippen LogP contribution in [0.1, 0.15) is 25.8 Å². The van der Waals surface area contributed by atoms with E-state index in [0.29, 0.717) is 18.8 Å². The van der Waals surface area contributed by atoms with Crippen molar-refractivity contribution in [2.75, 3.05) is 11.9 Å². The minimum absolute atomic E-state index is 0.0735. The monoisotopic (exact) mass is 221 g/mol. The molecule has 4 nitrogen and oxygen atoms in total. The normalized spacial score (nSPS) is 14.2. The van der Waals surface area contributed by atoms with Crippen molar-refractivity contribution in [1.29, 1.82) is 0 Å². The number of pyridine rings is 1. The standard InChI is InChI=1S/C12H19N3O/c1-4-12(3,8-13)11(16)15-10-7-9(2)5-6-14-10/h5-7H,4,8,13H2,1-3H3,(H,14,15,16). The second kappa shape index (κ2) is 5.07. The van der Waals surface area contributed by atoms with E-state index < -0.39 is 5.41 Å². The summed E-state index contributed by atoms with van der Waals surface area (Å²) < 4.78 is 0. The Bertz CT molecular complexity index is 372. The van der Waals surface area contributed by atoms with Gasteiger partial charge in [-0.25, -0.2) is 4.98 Å². The fourth-order valence-corrected chi connectivity index (χ4v) is 1.27. The molecule has 1 unspecified atom stereocenters. The SMILES string of the molecule is CCC(C)(CN)C(=O)Nc1cc(C)ccn1. The van der Waals surface area contributed by atoms with Gasteiger partial charge in [0.05, 0.1) is 5.41 Å². The molecule has 0 aliphatic carbocycles. The number of nitrogens with zero attached hydrogens (tertiary/aromatic N) is 1. The maximum absolute atomic E-state index is 12.0. The summed E-state index contributed by atoms with van der Waals surface area (Å²) in [5, 5.41) is 2.80. The van der Waals surface area contributed by atoms with Crippen molar-refractivity contribution in [2.24, 2.45) is 11.1 Å². The van der Waals surface area contributed by atoms with Crippen LogP contribution in [0.2, 0.25) is 0 Å². The molecule has 1 aromatic rings. The van der Waals surface area contributed by atoms with Gasteiger partial charge in [0.25, 0.3) is 0 Å². The van der Waals surface area contributed by atoms with Crippen LogP contribution < -0.4 is 11.1 Å². The number of carbonyl (C=O) groups is 1. The largest absolute Gasteiger partial charge is 0.329 e. The molecule has 1 rings (SSSR count). The van der Waals surface area contributed by atoms with E-state index in [1.165, 1.54) is 0 Å². The fraction of sp³-hybridized carbons (Fsp3) is 0.500. The number of anilines is 1. The summed E-state index contributed by atoms with van der Waals surface area (Å²) >= 11 is 0. The number of hydrogen-bond acceptors (Lipinski definition) is 3. The molecule has 0 radical (unpaired) electrons. The van der Waals surface area contributed by atoms with Crippen LogP contribution in [0, 0.1) is 12.3 Å². The van der Waals surface area contributed by atoms with Gasteiger partial charge in [-0.1, -0.05) is 6.92 Å². The van der Waals surface area contributed by atoms with Crippen molar-refractivity contribution < 1.29 is 4.79 Å². The highest BCUT2D eigenvalue weighted by Gasteiger charge is 2.29. The van der Waals surface area contributed by atoms with E-state index in [-0.39, 0.29) is 5.91 Å². The minimum Gasteiger partial charge on any atom is -0.329 e. The molecule has 0 spiro atoms. The Balaban J connectivity index is 2.78. The van der Waals surface area contributed by atoms with Gasteiger partial charge in [-0.2, -0.15) is 0 Å². The van der Waals surface area contributed by atoms with Crippen LogP contribution in [0.3, 0.4) is 0 Å². The van der Waals surface area contributed by atoms with Gasteiger partial charge < -0.3 is 11.1 Å². The highest BCUT2D eigenvalue weighted by Crippen LogP contribution is 2.21. The van der Waals surface area contributed by atoms with E-state index in [1.54, 1.807) is 6.20 Å². The summed E-state index contributed by atoms with van der Waals surface area (Å²) in [6.07, 6.45) is 2.39. The van der Waals surface area contributed by atoms with Crippen molar-refractivity contribution in [3.63, 3.8) is 0 Å². The molecule has 0 aliphatic heterocycles. The summed E-state index contributed by atoms with van der Waals surface area (Å²) in [7, 11) is 0. The Morgan fingerprint density at radius 2 is 2.31 bits per heavy atom. The fourth-order valence-electron chi connectivity index (χ4n) is 1.27. The van der Waals surface area contributed by atoms with Crippen molar-refractivity contribution in [1.82, 2.24) is 4.98 Å². The predicted octanol–water partition coefficient (Wildman–Crippen LogP) is 1.70. The zero-order chi connectivity index (χ0) is 12.2. The lowest BCUT2D eigenvalue weighted by atomic mass is 9.87. The summed E-state index contributed by atoms with van der Waals surface area (Å²) in [5.74, 6) is 0.508. The Hall–Kier alpha value is -1.42. The lowest BCUT2D eigenvalue weighted by Gasteiger charge is -2.24. The molecule has 0 bridgehead atoms. The number of nitrogens with two attached hydrogens (primary N) is 1. The molecule has 0 aliphatic rings. The number of hydrogen-bond donors (Lipinski definition) is 2. The minimum atomic E-state index is -0.522. The number of amides is 1. The van der Waals surface area contributed by atoms with Gasteiger partial charge in [-0.05, 0) is 38.0 Å². The summed E-state index contributed by atoms with van der Waals surface area (Å²) in [5.41, 5.74) is 6.16. The highest BCUT2D eigenvalue weighted by atomic mass is 16.2. The van der Waals surface area contributed by atoms with E-state index in [4.69, 9.17) is 5.73 Å². The Kier molecular flexibility index (Phi) is 4.01. The molecule has 0 aromatic carbocycles. The Morgan fingerprint density at radius 3 is 2.81 bits per heavy atom. The van der Waals surface area contributed by atoms with E-state index >= 15 is 0 Å². The van der Waals surface area contributed by atoms with Crippen LogP contribution in [0.15, 0.2) is 18.3 Å². The van der Waals surface area contributed by atoms with Crippen LogP contribution in [0.4, 0.5) is 5.82 Å². The molecule has 4 heteroatoms. The molecule has 0 saturated carbocycles. The molecule has 1 atom stereocenters. The molecular formula is C12H19N3O. The molecule has 1 aromatic heterocycles. The van der Waals surface area contributed by atoms with E-state index in [2.05, 4.69) is 10.3 Å². The van der Waals surface area contributed by atoms with E-state index in [0.717, 1.165) is 5.56 Å². The summed E-state index contributed by atoms with van der Waals surface area (Å²) in [6.45, 7) is 6.11. The third kappa shape index (κ3) is 2.79. The second-order valence-corrected chi connectivity index (χ2v) is 4.29. The molecule has 1 amide bonds. The maximum atomic E-state index is 12.0. The Labute approximate surface area is 96.3 Å². The van der Waals surface area contributed by atoms with Gasteiger partial charge in [0.2, 0.25) is 5.91 Å². The van der Waals surface area contributed by atoms with Gasteiger partial charge >= 0.3 is 0 Å². The molecule has 0 fully saturated rings. The van der Waals surface area contributed by atoms with Gasteiger partial charge in [0.1, 0.15) is 5.82 Å². The summed E-state index contributed by atoms with van der Waals surface area (Å²) in [4.78, 5) is 16.1. The van der Waals surface area contributed by atoms with Gasteiger partial charge in [0, 0.05) is 12.7 Å². The number of aromatic nitrogens is 1. The molecule has 16 heavy (non-hydrogen) atoms. The van der Waals surface area contributed by atoms with Gasteiger partial charge in [-0.15, -0.1) is 0 Å². The average Bonchev–Trinajstić information content (AvgIpc) is 2.28. The highest BCUT2D eigenvalue weighted by molar-refractivity contribution is 5.94. The molecule has 0 saturated heterocycles. The van der Waals surface area contributed by atoms with Crippen LogP contribution >= 0.6 is 0 Å². The number of aryl methyl sites for hydroxylation is 1. The Morgan fingerprint density at radius 1 is 1.62 bits per heavy atom. The first-order valence-corrected chi connectivity index (χ1v) is 5.46. The summed E-state index contributed by atoms with van der Waals surface area (Å²) in [6, 6.07) is 3.72. The first-order chi connectivity index (χ1) is 7.51. The van der Waals surface area contributed by atoms with Crippen molar-refractivity contribution in [2.45, 2.75) is 27.2 Å². The number of nitrogens with one attached hydrogen (secondary N) is 1. The van der Waals surface area contributed by atoms with Crippen molar-refractivity contribution in [3.05, 3.63) is 23.9 Å². The lowest BCUT2D eigenvalue weighted by Crippen LogP contribution is -2.39. The first kappa shape index (κ1) is 12.6. The van der Waals surface area contributed by atoms with Gasteiger partial charge in [0.15, 0.2) is 0 Å². The van der Waals surface area contributed by atoms with Crippen molar-refractivity contribution >= 4 is 11.7 Å². The quantitative estimate of drug-likeness (QED) is 0.813. The first-order valence-electron chi connectivity index (χ1n) is 5.46. The third-order valence-electron chi connectivity index (χ3n) is 2.94. The second-order valence-electron chi connectivity index (χ2n) is 4.29. The maximum Gasteiger partial charge on any atom is 0.232 e. The average molecular weight is 221 g/mol. The van der Waals surface area contributed by atoms with Crippen LogP contribution in [-0.4, -0.2) is 17.4 Å².